The number of aromatic nitrogens is 1. The van der Waals surface area contributed by atoms with E-state index >= 15 is 0 Å². The van der Waals surface area contributed by atoms with Gasteiger partial charge in [0.05, 0.1) is 6.04 Å². The quantitative estimate of drug-likeness (QED) is 0.908. The summed E-state index contributed by atoms with van der Waals surface area (Å²) in [6, 6.07) is 5.63. The summed E-state index contributed by atoms with van der Waals surface area (Å²) in [6.07, 6.45) is 0. The van der Waals surface area contributed by atoms with Gasteiger partial charge in [-0.2, -0.15) is 0 Å². The summed E-state index contributed by atoms with van der Waals surface area (Å²) in [4.78, 5) is 16.7. The van der Waals surface area contributed by atoms with Crippen molar-refractivity contribution in [2.75, 3.05) is 12.4 Å². The van der Waals surface area contributed by atoms with Gasteiger partial charge < -0.3 is 10.6 Å². The Labute approximate surface area is 123 Å². The van der Waals surface area contributed by atoms with E-state index in [2.05, 4.69) is 15.6 Å². The van der Waals surface area contributed by atoms with Crippen molar-refractivity contribution in [1.29, 1.82) is 0 Å². The number of anilines is 1. The Morgan fingerprint density at radius 3 is 2.65 bits per heavy atom. The van der Waals surface area contributed by atoms with E-state index < -0.39 is 0 Å². The Hall–Kier alpha value is -1.88. The maximum atomic E-state index is 12.3. The molecule has 0 aliphatic rings. The Balaban J connectivity index is 2.12. The van der Waals surface area contributed by atoms with Crippen LogP contribution in [0.5, 0.6) is 0 Å². The fourth-order valence-corrected chi connectivity index (χ4v) is 2.78. The first-order valence-electron chi connectivity index (χ1n) is 6.52. The summed E-state index contributed by atoms with van der Waals surface area (Å²) >= 11 is 1.57. The van der Waals surface area contributed by atoms with Gasteiger partial charge in [-0.1, -0.05) is 0 Å². The fourth-order valence-electron chi connectivity index (χ4n) is 1.98. The molecule has 0 aliphatic carbocycles. The third-order valence-corrected chi connectivity index (χ3v) is 4.26. The first-order valence-corrected chi connectivity index (χ1v) is 7.40. The van der Waals surface area contributed by atoms with Crippen LogP contribution < -0.4 is 10.6 Å². The zero-order chi connectivity index (χ0) is 14.7. The van der Waals surface area contributed by atoms with Gasteiger partial charge in [0.1, 0.15) is 5.01 Å². The lowest BCUT2D eigenvalue weighted by molar-refractivity contribution is 0.0939. The van der Waals surface area contributed by atoms with Gasteiger partial charge in [0.2, 0.25) is 0 Å². The van der Waals surface area contributed by atoms with Gasteiger partial charge in [0.25, 0.3) is 5.91 Å². The van der Waals surface area contributed by atoms with Crippen LogP contribution >= 0.6 is 11.3 Å². The van der Waals surface area contributed by atoms with Crippen LogP contribution in [-0.4, -0.2) is 17.9 Å². The highest BCUT2D eigenvalue weighted by Gasteiger charge is 2.15. The van der Waals surface area contributed by atoms with Crippen molar-refractivity contribution in [3.63, 3.8) is 0 Å². The van der Waals surface area contributed by atoms with Gasteiger partial charge in [0.15, 0.2) is 0 Å². The van der Waals surface area contributed by atoms with Gasteiger partial charge in [-0.15, -0.1) is 11.3 Å². The molecule has 4 nitrogen and oxygen atoms in total. The van der Waals surface area contributed by atoms with E-state index in [-0.39, 0.29) is 11.9 Å². The number of hydrogen-bond acceptors (Lipinski definition) is 4. The molecule has 5 heteroatoms. The maximum Gasteiger partial charge on any atom is 0.252 e. The monoisotopic (exact) mass is 289 g/mol. The van der Waals surface area contributed by atoms with Crippen molar-refractivity contribution in [3.05, 3.63) is 45.4 Å². The van der Waals surface area contributed by atoms with Crippen LogP contribution in [0.4, 0.5) is 5.69 Å². The summed E-state index contributed by atoms with van der Waals surface area (Å²) in [6.45, 7) is 5.84. The number of carbonyl (C=O) groups excluding carboxylic acids is 1. The maximum absolute atomic E-state index is 12.3. The molecular formula is C15H19N3OS. The molecule has 2 rings (SSSR count). The van der Waals surface area contributed by atoms with Crippen LogP contribution in [0.15, 0.2) is 23.6 Å². The molecule has 0 radical (unpaired) electrons. The summed E-state index contributed by atoms with van der Waals surface area (Å²) in [7, 11) is 1.86. The number of amides is 1. The summed E-state index contributed by atoms with van der Waals surface area (Å²) in [5, 5.41) is 8.98. The molecule has 106 valence electrons. The van der Waals surface area contributed by atoms with E-state index in [0.717, 1.165) is 22.0 Å². The molecule has 2 aromatic rings. The lowest BCUT2D eigenvalue weighted by Crippen LogP contribution is -2.27. The van der Waals surface area contributed by atoms with Gasteiger partial charge in [-0.3, -0.25) is 4.79 Å². The molecule has 1 unspecified atom stereocenters. The highest BCUT2D eigenvalue weighted by Crippen LogP contribution is 2.19. The molecule has 1 aromatic carbocycles. The molecule has 20 heavy (non-hydrogen) atoms. The minimum absolute atomic E-state index is 0.0643. The third kappa shape index (κ3) is 3.17. The van der Waals surface area contributed by atoms with Crippen LogP contribution in [0.25, 0.3) is 0 Å². The van der Waals surface area contributed by atoms with E-state index in [1.54, 1.807) is 11.3 Å². The van der Waals surface area contributed by atoms with Crippen molar-refractivity contribution < 1.29 is 4.79 Å². The van der Waals surface area contributed by atoms with Crippen LogP contribution in [0, 0.1) is 13.8 Å². The Bertz CT molecular complexity index is 621. The number of hydrogen-bond donors (Lipinski definition) is 2. The smallest absolute Gasteiger partial charge is 0.252 e. The minimum atomic E-state index is -0.0791. The number of nitrogens with zero attached hydrogens (tertiary/aromatic N) is 1. The molecular weight excluding hydrogens is 270 g/mol. The molecule has 1 aromatic heterocycles. The molecule has 0 aliphatic heterocycles. The van der Waals surface area contributed by atoms with Gasteiger partial charge in [-0.05, 0) is 44.5 Å². The van der Waals surface area contributed by atoms with Crippen molar-refractivity contribution >= 4 is 22.9 Å². The lowest BCUT2D eigenvalue weighted by atomic mass is 10.1. The average Bonchev–Trinajstić information content (AvgIpc) is 2.85. The summed E-state index contributed by atoms with van der Waals surface area (Å²) in [5.41, 5.74) is 3.64. The standard InChI is InChI=1S/C15H19N3OS/c1-9-7-12(16-4)5-6-13(9)14(19)18-11(3)15-17-10(2)8-20-15/h5-8,11,16H,1-4H3,(H,18,19). The van der Waals surface area contributed by atoms with E-state index in [1.165, 1.54) is 0 Å². The third-order valence-electron chi connectivity index (χ3n) is 3.11. The first kappa shape index (κ1) is 14.5. The second kappa shape index (κ2) is 6.05. The van der Waals surface area contributed by atoms with Crippen LogP contribution in [-0.2, 0) is 0 Å². The normalized spacial score (nSPS) is 12.0. The number of benzene rings is 1. The molecule has 1 amide bonds. The summed E-state index contributed by atoms with van der Waals surface area (Å²) in [5.74, 6) is -0.0643. The second-order valence-corrected chi connectivity index (χ2v) is 5.69. The van der Waals surface area contributed by atoms with Crippen LogP contribution in [0.1, 0.15) is 39.6 Å². The van der Waals surface area contributed by atoms with E-state index in [1.807, 2.05) is 51.4 Å². The first-order chi connectivity index (χ1) is 9.51. The second-order valence-electron chi connectivity index (χ2n) is 4.80. The number of thiazole rings is 1. The van der Waals surface area contributed by atoms with E-state index in [0.29, 0.717) is 5.56 Å². The molecule has 1 atom stereocenters. The Morgan fingerprint density at radius 1 is 1.35 bits per heavy atom. The van der Waals surface area contributed by atoms with Crippen molar-refractivity contribution in [2.45, 2.75) is 26.8 Å². The van der Waals surface area contributed by atoms with Crippen molar-refractivity contribution in [1.82, 2.24) is 10.3 Å². The predicted octanol–water partition coefficient (Wildman–Crippen LogP) is 3.29. The molecule has 0 saturated carbocycles. The van der Waals surface area contributed by atoms with Crippen LogP contribution in [0.2, 0.25) is 0 Å². The van der Waals surface area contributed by atoms with Crippen molar-refractivity contribution in [3.8, 4) is 0 Å². The predicted molar refractivity (Wildman–Crippen MR) is 83.5 cm³/mol. The molecule has 1 heterocycles. The summed E-state index contributed by atoms with van der Waals surface area (Å²) < 4.78 is 0. The Kier molecular flexibility index (Phi) is 4.39. The molecule has 0 fully saturated rings. The largest absolute Gasteiger partial charge is 0.388 e. The Morgan fingerprint density at radius 2 is 2.10 bits per heavy atom. The van der Waals surface area contributed by atoms with E-state index in [4.69, 9.17) is 0 Å². The van der Waals surface area contributed by atoms with Gasteiger partial charge in [0, 0.05) is 29.4 Å². The number of rotatable bonds is 4. The minimum Gasteiger partial charge on any atom is -0.388 e. The SMILES string of the molecule is CNc1ccc(C(=O)NC(C)c2nc(C)cs2)c(C)c1. The van der Waals surface area contributed by atoms with Crippen molar-refractivity contribution in [2.24, 2.45) is 0 Å². The molecule has 0 bridgehead atoms. The highest BCUT2D eigenvalue weighted by atomic mass is 32.1. The number of nitrogens with one attached hydrogen (secondary N) is 2. The van der Waals surface area contributed by atoms with E-state index in [9.17, 15) is 4.79 Å². The average molecular weight is 289 g/mol. The molecule has 0 saturated heterocycles. The fraction of sp³-hybridized carbons (Fsp3) is 0.333. The van der Waals surface area contributed by atoms with Crippen LogP contribution in [0.3, 0.4) is 0 Å². The number of aryl methyl sites for hydroxylation is 2. The molecule has 2 N–H and O–H groups in total. The topological polar surface area (TPSA) is 54.0 Å². The van der Waals surface area contributed by atoms with Gasteiger partial charge >= 0.3 is 0 Å². The zero-order valence-corrected chi connectivity index (χ0v) is 13.0. The number of carbonyl (C=O) groups is 1. The molecule has 0 spiro atoms. The lowest BCUT2D eigenvalue weighted by Gasteiger charge is -2.13. The van der Waals surface area contributed by atoms with Gasteiger partial charge in [-0.25, -0.2) is 4.98 Å². The zero-order valence-electron chi connectivity index (χ0n) is 12.2. The highest BCUT2D eigenvalue weighted by molar-refractivity contribution is 7.09.